The highest BCUT2D eigenvalue weighted by Gasteiger charge is 2.25. The third kappa shape index (κ3) is 7.18. The van der Waals surface area contributed by atoms with Crippen LogP contribution < -0.4 is 0 Å². The van der Waals surface area contributed by atoms with Gasteiger partial charge in [0.1, 0.15) is 0 Å². The van der Waals surface area contributed by atoms with E-state index in [1.807, 2.05) is 0 Å². The monoisotopic (exact) mass is 600 g/mol. The Kier molecular flexibility index (Phi) is 8.65. The maximum atomic E-state index is 6.04. The van der Waals surface area contributed by atoms with Gasteiger partial charge >= 0.3 is 12.0 Å². The molecular weight excluding hydrogens is 581 g/mol. The molecule has 0 atom stereocenters. The van der Waals surface area contributed by atoms with Gasteiger partial charge in [0.2, 0.25) is 0 Å². The Morgan fingerprint density at radius 3 is 1.12 bits per heavy atom. The molecule has 0 fully saturated rings. The predicted molar refractivity (Wildman–Crippen MR) is 158 cm³/mol. The van der Waals surface area contributed by atoms with Gasteiger partial charge in [-0.25, -0.2) is 0 Å². The van der Waals surface area contributed by atoms with Crippen LogP contribution in [0.1, 0.15) is 11.1 Å². The molecule has 0 aliphatic rings. The molecular formula is C26H22Cl6Si2. The van der Waals surface area contributed by atoms with Gasteiger partial charge in [0.05, 0.1) is 0 Å². The molecule has 176 valence electrons. The molecule has 4 rings (SSSR count). The first-order valence-electron chi connectivity index (χ1n) is 10.9. The Morgan fingerprint density at radius 2 is 0.794 bits per heavy atom. The van der Waals surface area contributed by atoms with E-state index in [0.717, 1.165) is 12.8 Å². The van der Waals surface area contributed by atoms with Crippen molar-refractivity contribution in [3.8, 4) is 22.3 Å². The van der Waals surface area contributed by atoms with Crippen molar-refractivity contribution in [1.29, 1.82) is 0 Å². The summed E-state index contributed by atoms with van der Waals surface area (Å²) in [5.41, 5.74) is 7.10. The van der Waals surface area contributed by atoms with Crippen molar-refractivity contribution in [1.82, 2.24) is 0 Å². The SMILES string of the molecule is Cl[Si](Cl)(Cl)CCc1ccc(-c2ccc(-c3ccc(CC[Si](Cl)(Cl)Cl)cc3)c3ccccc23)cc1. The minimum absolute atomic E-state index is 0.625. The normalized spacial score (nSPS) is 12.3. The highest BCUT2D eigenvalue weighted by Crippen LogP contribution is 2.36. The van der Waals surface area contributed by atoms with Crippen molar-refractivity contribution >= 4 is 89.3 Å². The molecule has 0 unspecified atom stereocenters. The molecule has 0 aliphatic heterocycles. The van der Waals surface area contributed by atoms with Crippen molar-refractivity contribution in [2.75, 3.05) is 0 Å². The summed E-state index contributed by atoms with van der Waals surface area (Å²) in [6, 6.07) is 26.1. The Bertz CT molecular complexity index is 1160. The molecule has 0 bridgehead atoms. The van der Waals surface area contributed by atoms with Gasteiger partial charge in [0.15, 0.2) is 0 Å². The number of rotatable bonds is 8. The standard InChI is InChI=1S/C26H22Cl6Si2/c27-33(28,29)17-15-19-5-9-21(10-6-19)23-13-14-24(26-4-2-1-3-25(23)26)22-11-7-20(8-12-22)16-18-34(30,31)32/h1-14H,15-18H2. The molecule has 0 saturated heterocycles. The average Bonchev–Trinajstić information content (AvgIpc) is 2.81. The zero-order valence-electron chi connectivity index (χ0n) is 18.2. The Morgan fingerprint density at radius 1 is 0.441 bits per heavy atom. The summed E-state index contributed by atoms with van der Waals surface area (Å²) in [5.74, 6) is 0. The van der Waals surface area contributed by atoms with Crippen LogP contribution in [0.15, 0.2) is 84.9 Å². The van der Waals surface area contributed by atoms with Gasteiger partial charge in [-0.05, 0) is 69.1 Å². The molecule has 4 aromatic rings. The molecule has 0 nitrogen and oxygen atoms in total. The number of hydrogen-bond donors (Lipinski definition) is 0. The van der Waals surface area contributed by atoms with Crippen molar-refractivity contribution in [3.63, 3.8) is 0 Å². The van der Waals surface area contributed by atoms with Gasteiger partial charge < -0.3 is 0 Å². The third-order valence-electron chi connectivity index (χ3n) is 5.85. The predicted octanol–water partition coefficient (Wildman–Crippen LogP) is 10.6. The maximum absolute atomic E-state index is 6.04. The van der Waals surface area contributed by atoms with Crippen molar-refractivity contribution in [3.05, 3.63) is 96.1 Å². The molecule has 0 radical (unpaired) electrons. The van der Waals surface area contributed by atoms with E-state index in [4.69, 9.17) is 66.5 Å². The van der Waals surface area contributed by atoms with E-state index in [0.29, 0.717) is 12.1 Å². The molecule has 0 saturated carbocycles. The highest BCUT2D eigenvalue weighted by atomic mass is 35.8. The van der Waals surface area contributed by atoms with Gasteiger partial charge in [0.25, 0.3) is 0 Å². The lowest BCUT2D eigenvalue weighted by Crippen LogP contribution is -2.09. The summed E-state index contributed by atoms with van der Waals surface area (Å²) >= 11 is 36.2. The first-order valence-corrected chi connectivity index (χ1v) is 21.4. The van der Waals surface area contributed by atoms with E-state index in [2.05, 4.69) is 84.9 Å². The highest BCUT2D eigenvalue weighted by molar-refractivity contribution is 7.65. The van der Waals surface area contributed by atoms with Crippen LogP contribution in [0.4, 0.5) is 0 Å². The van der Waals surface area contributed by atoms with Crippen LogP contribution >= 0.6 is 66.5 Å². The van der Waals surface area contributed by atoms with Gasteiger partial charge in [-0.2, -0.15) is 0 Å². The van der Waals surface area contributed by atoms with Crippen LogP contribution in [0.3, 0.4) is 0 Å². The fourth-order valence-corrected chi connectivity index (χ4v) is 6.92. The van der Waals surface area contributed by atoms with Crippen LogP contribution in [0.25, 0.3) is 33.0 Å². The second-order valence-corrected chi connectivity index (χ2v) is 26.9. The van der Waals surface area contributed by atoms with E-state index >= 15 is 0 Å². The largest absolute Gasteiger partial charge is 0.341 e. The van der Waals surface area contributed by atoms with Gasteiger partial charge in [-0.15, -0.1) is 66.5 Å². The molecule has 34 heavy (non-hydrogen) atoms. The Hall–Kier alpha value is -0.686. The van der Waals surface area contributed by atoms with Crippen LogP contribution in [0, 0.1) is 0 Å². The van der Waals surface area contributed by atoms with E-state index < -0.39 is 12.0 Å². The lowest BCUT2D eigenvalue weighted by molar-refractivity contribution is 1.13. The van der Waals surface area contributed by atoms with E-state index in [-0.39, 0.29) is 0 Å². The molecule has 0 spiro atoms. The quantitative estimate of drug-likeness (QED) is 0.139. The van der Waals surface area contributed by atoms with Crippen molar-refractivity contribution in [2.45, 2.75) is 24.9 Å². The second-order valence-electron chi connectivity index (χ2n) is 8.33. The summed E-state index contributed by atoms with van der Waals surface area (Å²) in [4.78, 5) is 0. The summed E-state index contributed by atoms with van der Waals surface area (Å²) in [5, 5.41) is 2.43. The summed E-state index contributed by atoms with van der Waals surface area (Å²) in [6.07, 6.45) is 1.56. The summed E-state index contributed by atoms with van der Waals surface area (Å²) in [7, 11) is 0. The van der Waals surface area contributed by atoms with Crippen molar-refractivity contribution < 1.29 is 0 Å². The van der Waals surface area contributed by atoms with Crippen LogP contribution in [-0.4, -0.2) is 12.0 Å². The third-order valence-corrected chi connectivity index (χ3v) is 10.9. The first-order chi connectivity index (χ1) is 16.1. The topological polar surface area (TPSA) is 0 Å². The lowest BCUT2D eigenvalue weighted by Gasteiger charge is -2.14. The minimum atomic E-state index is -2.61. The molecule has 0 amide bonds. The van der Waals surface area contributed by atoms with Crippen LogP contribution in [0.5, 0.6) is 0 Å². The maximum Gasteiger partial charge on any atom is 0.341 e. The zero-order chi connectivity index (χ0) is 24.3. The number of aryl methyl sites for hydroxylation is 2. The average molecular weight is 603 g/mol. The molecule has 0 N–H and O–H groups in total. The van der Waals surface area contributed by atoms with Crippen molar-refractivity contribution in [2.24, 2.45) is 0 Å². The summed E-state index contributed by atoms with van der Waals surface area (Å²) in [6.45, 7) is 0. The molecule has 8 heteroatoms. The fourth-order valence-electron chi connectivity index (χ4n) is 4.08. The minimum Gasteiger partial charge on any atom is -0.126 e. The Balaban J connectivity index is 1.62. The number of halogens is 6. The number of benzene rings is 4. The molecule has 0 aliphatic carbocycles. The molecule has 0 aromatic heterocycles. The molecule has 0 heterocycles. The van der Waals surface area contributed by atoms with Crippen LogP contribution in [-0.2, 0) is 12.8 Å². The molecule has 4 aromatic carbocycles. The first kappa shape index (κ1) is 26.4. The van der Waals surface area contributed by atoms with Crippen LogP contribution in [0.2, 0.25) is 12.1 Å². The second kappa shape index (κ2) is 11.1. The fraction of sp³-hybridized carbons (Fsp3) is 0.154. The van der Waals surface area contributed by atoms with E-state index in [1.54, 1.807) is 0 Å². The van der Waals surface area contributed by atoms with Gasteiger partial charge in [-0.3, -0.25) is 0 Å². The van der Waals surface area contributed by atoms with E-state index in [1.165, 1.54) is 44.2 Å². The van der Waals surface area contributed by atoms with Gasteiger partial charge in [-0.1, -0.05) is 84.9 Å². The summed E-state index contributed by atoms with van der Waals surface area (Å²) < 4.78 is 0. The Labute approximate surface area is 231 Å². The number of fused-ring (bicyclic) bond motifs is 1. The number of hydrogen-bond acceptors (Lipinski definition) is 0. The lowest BCUT2D eigenvalue weighted by atomic mass is 9.91. The smallest absolute Gasteiger partial charge is 0.126 e. The zero-order valence-corrected chi connectivity index (χ0v) is 24.7. The van der Waals surface area contributed by atoms with Gasteiger partial charge in [0, 0.05) is 0 Å². The van der Waals surface area contributed by atoms with E-state index in [9.17, 15) is 0 Å².